The first kappa shape index (κ1) is 36.8. The van der Waals surface area contributed by atoms with E-state index in [9.17, 15) is 0 Å². The van der Waals surface area contributed by atoms with Gasteiger partial charge in [0.15, 0.2) is 0 Å². The highest BCUT2D eigenvalue weighted by atomic mass is 15.2. The van der Waals surface area contributed by atoms with E-state index in [0.29, 0.717) is 0 Å². The highest BCUT2D eigenvalue weighted by Crippen LogP contribution is 2.50. The maximum absolute atomic E-state index is 2.87. The standard InChI is InChI=1S/C55H63BN2/c1-38-36-51-53-52(37-38)58(50-31-19-25-40-21-11-3-7-15-27-44(40)50)55-46-29-17-9-5-13-23-42(46)33-35-48(55)56(53)47-34-32-41-22-12-4-8-16-28-45(41)54(47)57(51)49-30-18-24-39-20-10-2-6-14-26-43(39)49/h18-19,24-25,30-37H,2-17,20-23,26-29H2,1H3. The van der Waals surface area contributed by atoms with Crippen LogP contribution in [0.15, 0.2) is 72.8 Å². The third-order valence-corrected chi connectivity index (χ3v) is 15.4. The molecule has 0 radical (unpaired) electrons. The summed E-state index contributed by atoms with van der Waals surface area (Å²) < 4.78 is 0. The summed E-state index contributed by atoms with van der Waals surface area (Å²) in [6.07, 6.45) is 30.8. The fourth-order valence-corrected chi connectivity index (χ4v) is 12.6. The Kier molecular flexibility index (Phi) is 9.99. The average Bonchev–Trinajstić information content (AvgIpc) is 3.18. The monoisotopic (exact) mass is 763 g/mol. The predicted molar refractivity (Wildman–Crippen MR) is 249 cm³/mol. The molecular formula is C55H63BN2. The largest absolute Gasteiger partial charge is 0.311 e. The molecule has 5 aromatic rings. The summed E-state index contributed by atoms with van der Waals surface area (Å²) in [5, 5.41) is 0. The third-order valence-electron chi connectivity index (χ3n) is 15.4. The maximum Gasteiger partial charge on any atom is 0.252 e. The molecule has 6 aliphatic rings. The number of fused-ring (bicyclic) bond motifs is 10. The summed E-state index contributed by atoms with van der Waals surface area (Å²) in [4.78, 5) is 5.73. The van der Waals surface area contributed by atoms with E-state index in [0.717, 1.165) is 0 Å². The molecule has 2 heterocycles. The van der Waals surface area contributed by atoms with Crippen molar-refractivity contribution in [3.63, 3.8) is 0 Å². The molecule has 0 unspecified atom stereocenters. The third kappa shape index (κ3) is 6.28. The number of aryl methyl sites for hydroxylation is 5. The minimum atomic E-state index is 0.214. The van der Waals surface area contributed by atoms with Crippen molar-refractivity contribution >= 4 is 57.2 Å². The molecule has 0 atom stereocenters. The topological polar surface area (TPSA) is 6.48 Å². The fourth-order valence-electron chi connectivity index (χ4n) is 12.6. The molecule has 0 N–H and O–H groups in total. The quantitative estimate of drug-likeness (QED) is 0.162. The van der Waals surface area contributed by atoms with Crippen LogP contribution in [0.25, 0.3) is 0 Å². The number of benzene rings is 5. The first-order chi connectivity index (χ1) is 28.7. The van der Waals surface area contributed by atoms with Crippen LogP contribution in [0.2, 0.25) is 0 Å². The van der Waals surface area contributed by atoms with Gasteiger partial charge in [-0.15, -0.1) is 0 Å². The van der Waals surface area contributed by atoms with Gasteiger partial charge in [-0.3, -0.25) is 0 Å². The van der Waals surface area contributed by atoms with E-state index < -0.39 is 0 Å². The molecule has 2 aliphatic heterocycles. The van der Waals surface area contributed by atoms with Gasteiger partial charge in [0.25, 0.3) is 6.71 Å². The van der Waals surface area contributed by atoms with E-state index in [2.05, 4.69) is 89.5 Å². The Morgan fingerprint density at radius 1 is 0.362 bits per heavy atom. The first-order valence-corrected chi connectivity index (χ1v) is 24.0. The van der Waals surface area contributed by atoms with Crippen LogP contribution in [-0.2, 0) is 51.4 Å². The number of rotatable bonds is 2. The molecule has 0 spiro atoms. The summed E-state index contributed by atoms with van der Waals surface area (Å²) >= 11 is 0. The van der Waals surface area contributed by atoms with Crippen LogP contribution in [0.1, 0.15) is 153 Å². The van der Waals surface area contributed by atoms with Gasteiger partial charge in [-0.05, 0) is 200 Å². The summed E-state index contributed by atoms with van der Waals surface area (Å²) in [6.45, 7) is 2.61. The molecule has 0 amide bonds. The Bertz CT molecular complexity index is 2210. The van der Waals surface area contributed by atoms with Gasteiger partial charge in [0.1, 0.15) is 0 Å². The Morgan fingerprint density at radius 3 is 1.14 bits per heavy atom. The minimum Gasteiger partial charge on any atom is -0.311 e. The van der Waals surface area contributed by atoms with Crippen molar-refractivity contribution in [2.24, 2.45) is 0 Å². The van der Waals surface area contributed by atoms with E-state index in [4.69, 9.17) is 0 Å². The van der Waals surface area contributed by atoms with Crippen LogP contribution in [0.3, 0.4) is 0 Å². The van der Waals surface area contributed by atoms with Gasteiger partial charge < -0.3 is 9.80 Å². The Balaban J connectivity index is 1.24. The highest BCUT2D eigenvalue weighted by molar-refractivity contribution is 7.00. The lowest BCUT2D eigenvalue weighted by molar-refractivity contribution is 0.615. The van der Waals surface area contributed by atoms with Crippen molar-refractivity contribution in [3.8, 4) is 0 Å². The second-order valence-corrected chi connectivity index (χ2v) is 19.1. The van der Waals surface area contributed by atoms with Crippen LogP contribution in [0.5, 0.6) is 0 Å². The molecule has 0 fully saturated rings. The zero-order valence-corrected chi connectivity index (χ0v) is 35.4. The molecule has 0 aromatic heterocycles. The zero-order chi connectivity index (χ0) is 38.6. The molecule has 0 saturated heterocycles. The SMILES string of the molecule is Cc1cc2c3c(c1)N(c1cccc4c1CCCCCC4)c1c(ccc4c1CCCCCC4)B3c1ccc3c(c1N2c1cccc2c1CCCCCC2)CCCCCC3. The van der Waals surface area contributed by atoms with Crippen molar-refractivity contribution in [2.75, 3.05) is 9.80 Å². The minimum absolute atomic E-state index is 0.214. The molecule has 3 heteroatoms. The zero-order valence-electron chi connectivity index (χ0n) is 35.4. The molecule has 296 valence electrons. The van der Waals surface area contributed by atoms with E-state index >= 15 is 0 Å². The van der Waals surface area contributed by atoms with E-state index in [1.807, 2.05) is 0 Å². The second kappa shape index (κ2) is 15.7. The first-order valence-electron chi connectivity index (χ1n) is 24.0. The van der Waals surface area contributed by atoms with Gasteiger partial charge in [0.05, 0.1) is 0 Å². The van der Waals surface area contributed by atoms with Gasteiger partial charge in [-0.25, -0.2) is 0 Å². The van der Waals surface area contributed by atoms with Crippen molar-refractivity contribution in [1.82, 2.24) is 0 Å². The molecule has 0 bridgehead atoms. The van der Waals surface area contributed by atoms with E-state index in [-0.39, 0.29) is 6.71 Å². The Hall–Kier alpha value is -4.24. The van der Waals surface area contributed by atoms with Crippen LogP contribution in [-0.4, -0.2) is 6.71 Å². The maximum atomic E-state index is 2.87. The van der Waals surface area contributed by atoms with Crippen molar-refractivity contribution < 1.29 is 0 Å². The van der Waals surface area contributed by atoms with Crippen LogP contribution < -0.4 is 26.2 Å². The molecule has 11 rings (SSSR count). The van der Waals surface area contributed by atoms with Crippen LogP contribution in [0, 0.1) is 6.92 Å². The van der Waals surface area contributed by atoms with E-state index in [1.165, 1.54) is 188 Å². The normalized spacial score (nSPS) is 19.1. The fraction of sp³-hybridized carbons (Fsp3) is 0.455. The van der Waals surface area contributed by atoms with Crippen LogP contribution in [0.4, 0.5) is 34.1 Å². The van der Waals surface area contributed by atoms with E-state index in [1.54, 1.807) is 66.8 Å². The summed E-state index contributed by atoms with van der Waals surface area (Å²) in [6, 6.07) is 30.4. The summed E-state index contributed by atoms with van der Waals surface area (Å²) in [7, 11) is 0. The number of nitrogens with zero attached hydrogens (tertiary/aromatic N) is 2. The van der Waals surface area contributed by atoms with Crippen molar-refractivity contribution in [1.29, 1.82) is 0 Å². The molecule has 4 aliphatic carbocycles. The number of anilines is 6. The lowest BCUT2D eigenvalue weighted by Gasteiger charge is -2.47. The number of hydrogen-bond donors (Lipinski definition) is 0. The summed E-state index contributed by atoms with van der Waals surface area (Å²) in [5.41, 5.74) is 27.8. The molecular weight excluding hydrogens is 699 g/mol. The smallest absolute Gasteiger partial charge is 0.252 e. The van der Waals surface area contributed by atoms with Gasteiger partial charge in [-0.1, -0.05) is 99.9 Å². The predicted octanol–water partition coefficient (Wildman–Crippen LogP) is 12.7. The molecule has 5 aromatic carbocycles. The Labute approximate surface area is 349 Å². The average molecular weight is 763 g/mol. The van der Waals surface area contributed by atoms with Gasteiger partial charge in [0.2, 0.25) is 0 Å². The number of hydrogen-bond acceptors (Lipinski definition) is 2. The van der Waals surface area contributed by atoms with Crippen LogP contribution >= 0.6 is 0 Å². The van der Waals surface area contributed by atoms with Gasteiger partial charge >= 0.3 is 0 Å². The molecule has 0 saturated carbocycles. The van der Waals surface area contributed by atoms with Gasteiger partial charge in [0, 0.05) is 34.1 Å². The summed E-state index contributed by atoms with van der Waals surface area (Å²) in [5.74, 6) is 0. The lowest BCUT2D eigenvalue weighted by Crippen LogP contribution is -2.62. The molecule has 2 nitrogen and oxygen atoms in total. The van der Waals surface area contributed by atoms with Gasteiger partial charge in [-0.2, -0.15) is 0 Å². The second-order valence-electron chi connectivity index (χ2n) is 19.1. The van der Waals surface area contributed by atoms with Crippen molar-refractivity contribution in [2.45, 2.75) is 161 Å². The Morgan fingerprint density at radius 2 is 0.724 bits per heavy atom. The highest BCUT2D eigenvalue weighted by Gasteiger charge is 2.46. The van der Waals surface area contributed by atoms with Crippen molar-refractivity contribution in [3.05, 3.63) is 123 Å². The molecule has 58 heavy (non-hydrogen) atoms. The lowest BCUT2D eigenvalue weighted by atomic mass is 9.33.